The molecule has 1 fully saturated rings. The number of H-pyrrole nitrogens is 1. The molecule has 1 heterocycles. The Labute approximate surface area is 111 Å². The van der Waals surface area contributed by atoms with Gasteiger partial charge in [0, 0.05) is 18.0 Å². The molecule has 0 spiro atoms. The molecule has 5 heteroatoms. The lowest BCUT2D eigenvalue weighted by Crippen LogP contribution is -2.46. The van der Waals surface area contributed by atoms with Crippen LogP contribution in [0.1, 0.15) is 30.9 Å². The van der Waals surface area contributed by atoms with Crippen LogP contribution in [0.25, 0.3) is 11.1 Å². The van der Waals surface area contributed by atoms with E-state index in [1.54, 1.807) is 0 Å². The zero-order chi connectivity index (χ0) is 13.5. The highest BCUT2D eigenvalue weighted by atomic mass is 16.4. The molecule has 1 aliphatic rings. The first kappa shape index (κ1) is 12.4. The van der Waals surface area contributed by atoms with E-state index in [1.807, 2.05) is 25.2 Å². The fourth-order valence-electron chi connectivity index (χ4n) is 3.09. The van der Waals surface area contributed by atoms with Gasteiger partial charge >= 0.3 is 5.76 Å². The molecule has 0 radical (unpaired) electrons. The molecule has 102 valence electrons. The summed E-state index contributed by atoms with van der Waals surface area (Å²) in [5, 5.41) is 3.24. The van der Waals surface area contributed by atoms with Crippen molar-refractivity contribution in [2.24, 2.45) is 11.1 Å². The second kappa shape index (κ2) is 4.51. The fourth-order valence-corrected chi connectivity index (χ4v) is 3.09. The first-order chi connectivity index (χ1) is 9.14. The maximum absolute atomic E-state index is 11.2. The maximum atomic E-state index is 11.2. The van der Waals surface area contributed by atoms with E-state index < -0.39 is 5.76 Å². The molecule has 0 bridgehead atoms. The summed E-state index contributed by atoms with van der Waals surface area (Å²) in [5.74, 6) is -0.422. The third kappa shape index (κ3) is 1.99. The van der Waals surface area contributed by atoms with Crippen LogP contribution >= 0.6 is 0 Å². The predicted molar refractivity (Wildman–Crippen MR) is 74.0 cm³/mol. The molecule has 1 aromatic carbocycles. The van der Waals surface area contributed by atoms with Gasteiger partial charge in [0.15, 0.2) is 5.58 Å². The van der Waals surface area contributed by atoms with Crippen molar-refractivity contribution < 1.29 is 4.42 Å². The van der Waals surface area contributed by atoms with Crippen molar-refractivity contribution in [3.63, 3.8) is 0 Å². The second-order valence-corrected chi connectivity index (χ2v) is 5.49. The summed E-state index contributed by atoms with van der Waals surface area (Å²) >= 11 is 0. The van der Waals surface area contributed by atoms with Gasteiger partial charge in [-0.1, -0.05) is 12.5 Å². The van der Waals surface area contributed by atoms with E-state index >= 15 is 0 Å². The summed E-state index contributed by atoms with van der Waals surface area (Å²) in [6.07, 6.45) is 3.52. The minimum atomic E-state index is -0.422. The number of fused-ring (bicyclic) bond motifs is 1. The number of nitrogens with one attached hydrogen (secondary N) is 2. The molecule has 19 heavy (non-hydrogen) atoms. The van der Waals surface area contributed by atoms with Gasteiger partial charge < -0.3 is 15.5 Å². The lowest BCUT2D eigenvalue weighted by atomic mass is 9.62. The zero-order valence-electron chi connectivity index (χ0n) is 11.0. The molecule has 4 N–H and O–H groups in total. The van der Waals surface area contributed by atoms with Gasteiger partial charge in [-0.05, 0) is 37.6 Å². The van der Waals surface area contributed by atoms with Crippen LogP contribution in [-0.4, -0.2) is 18.6 Å². The summed E-state index contributed by atoms with van der Waals surface area (Å²) in [7, 11) is 1.96. The van der Waals surface area contributed by atoms with Crippen LogP contribution in [0.5, 0.6) is 0 Å². The molecular formula is C14H19N3O2. The lowest BCUT2D eigenvalue weighted by molar-refractivity contribution is 0.0948. The van der Waals surface area contributed by atoms with E-state index in [0.717, 1.165) is 30.5 Å². The number of aromatic nitrogens is 1. The Balaban J connectivity index is 1.96. The number of aromatic amines is 1. The van der Waals surface area contributed by atoms with Crippen LogP contribution in [0.3, 0.4) is 0 Å². The van der Waals surface area contributed by atoms with Crippen LogP contribution in [0, 0.1) is 5.41 Å². The third-order valence-electron chi connectivity index (χ3n) is 4.34. The number of benzene rings is 1. The summed E-state index contributed by atoms with van der Waals surface area (Å²) in [4.78, 5) is 13.8. The number of rotatable bonds is 4. The standard InChI is InChI=1S/C14H19N3O2/c1-16-8-14(5-2-6-14)12(15)9-3-4-10-11(7-9)19-13(18)17-10/h3-4,7,12,16H,2,5-6,8,15H2,1H3,(H,17,18). The van der Waals surface area contributed by atoms with Gasteiger partial charge in [0.05, 0.1) is 5.52 Å². The van der Waals surface area contributed by atoms with Crippen LogP contribution in [0.15, 0.2) is 27.4 Å². The highest BCUT2D eigenvalue weighted by Crippen LogP contribution is 2.48. The first-order valence-corrected chi connectivity index (χ1v) is 6.68. The molecule has 3 rings (SSSR count). The van der Waals surface area contributed by atoms with Crippen molar-refractivity contribution in [3.8, 4) is 0 Å². The molecule has 0 aliphatic heterocycles. The minimum Gasteiger partial charge on any atom is -0.408 e. The Morgan fingerprint density at radius 1 is 1.53 bits per heavy atom. The van der Waals surface area contributed by atoms with Crippen molar-refractivity contribution in [2.75, 3.05) is 13.6 Å². The minimum absolute atomic E-state index is 0.0293. The summed E-state index contributed by atoms with van der Waals surface area (Å²) in [6, 6.07) is 5.70. The largest absolute Gasteiger partial charge is 0.417 e. The van der Waals surface area contributed by atoms with Gasteiger partial charge in [0.1, 0.15) is 0 Å². The molecule has 1 saturated carbocycles. The fraction of sp³-hybridized carbons (Fsp3) is 0.500. The molecular weight excluding hydrogens is 242 g/mol. The third-order valence-corrected chi connectivity index (χ3v) is 4.34. The molecule has 1 aliphatic carbocycles. The average molecular weight is 261 g/mol. The van der Waals surface area contributed by atoms with Gasteiger partial charge in [-0.25, -0.2) is 4.79 Å². The van der Waals surface area contributed by atoms with E-state index in [9.17, 15) is 4.79 Å². The van der Waals surface area contributed by atoms with Gasteiger partial charge in [-0.3, -0.25) is 4.98 Å². The van der Waals surface area contributed by atoms with E-state index in [1.165, 1.54) is 6.42 Å². The van der Waals surface area contributed by atoms with Crippen molar-refractivity contribution in [2.45, 2.75) is 25.3 Å². The van der Waals surface area contributed by atoms with Crippen molar-refractivity contribution in [1.82, 2.24) is 10.3 Å². The second-order valence-electron chi connectivity index (χ2n) is 5.49. The van der Waals surface area contributed by atoms with Gasteiger partial charge in [0.2, 0.25) is 0 Å². The molecule has 5 nitrogen and oxygen atoms in total. The number of hydrogen-bond acceptors (Lipinski definition) is 4. The molecule has 1 aromatic heterocycles. The van der Waals surface area contributed by atoms with E-state index in [2.05, 4.69) is 10.3 Å². The van der Waals surface area contributed by atoms with E-state index in [0.29, 0.717) is 5.58 Å². The van der Waals surface area contributed by atoms with Gasteiger partial charge in [-0.15, -0.1) is 0 Å². The number of nitrogens with two attached hydrogens (primary N) is 1. The quantitative estimate of drug-likeness (QED) is 0.779. The first-order valence-electron chi connectivity index (χ1n) is 6.68. The number of oxazole rings is 1. The lowest BCUT2D eigenvalue weighted by Gasteiger charge is -2.46. The van der Waals surface area contributed by atoms with Crippen molar-refractivity contribution in [3.05, 3.63) is 34.3 Å². The Morgan fingerprint density at radius 2 is 2.32 bits per heavy atom. The highest BCUT2D eigenvalue weighted by molar-refractivity contribution is 5.72. The van der Waals surface area contributed by atoms with Crippen LogP contribution in [0.2, 0.25) is 0 Å². The Kier molecular flexibility index (Phi) is 2.95. The topological polar surface area (TPSA) is 84.0 Å². The molecule has 2 aromatic rings. The van der Waals surface area contributed by atoms with Gasteiger partial charge in [0.25, 0.3) is 0 Å². The van der Waals surface area contributed by atoms with Crippen molar-refractivity contribution in [1.29, 1.82) is 0 Å². The molecule has 1 unspecified atom stereocenters. The monoisotopic (exact) mass is 261 g/mol. The average Bonchev–Trinajstić information content (AvgIpc) is 2.72. The molecule has 0 amide bonds. The summed E-state index contributed by atoms with van der Waals surface area (Å²) in [5.41, 5.74) is 8.92. The van der Waals surface area contributed by atoms with Crippen molar-refractivity contribution >= 4 is 11.1 Å². The number of hydrogen-bond donors (Lipinski definition) is 3. The summed E-state index contributed by atoms with van der Waals surface area (Å²) in [6.45, 7) is 0.920. The zero-order valence-corrected chi connectivity index (χ0v) is 11.0. The van der Waals surface area contributed by atoms with Crippen LogP contribution in [-0.2, 0) is 0 Å². The molecule has 0 saturated heterocycles. The predicted octanol–water partition coefficient (Wildman–Crippen LogP) is 1.51. The molecule has 1 atom stereocenters. The van der Waals surface area contributed by atoms with E-state index in [4.69, 9.17) is 10.2 Å². The maximum Gasteiger partial charge on any atom is 0.417 e. The van der Waals surface area contributed by atoms with E-state index in [-0.39, 0.29) is 11.5 Å². The smallest absolute Gasteiger partial charge is 0.408 e. The SMILES string of the molecule is CNCC1(C(N)c2ccc3[nH]c(=O)oc3c2)CCC1. The Bertz CT molecular complexity index is 639. The van der Waals surface area contributed by atoms with Crippen LogP contribution < -0.4 is 16.8 Å². The normalized spacial score (nSPS) is 19.3. The highest BCUT2D eigenvalue weighted by Gasteiger charge is 2.42. The van der Waals surface area contributed by atoms with Gasteiger partial charge in [-0.2, -0.15) is 0 Å². The summed E-state index contributed by atoms with van der Waals surface area (Å²) < 4.78 is 5.10. The Hall–Kier alpha value is -1.59. The Morgan fingerprint density at radius 3 is 2.95 bits per heavy atom. The van der Waals surface area contributed by atoms with Crippen LogP contribution in [0.4, 0.5) is 0 Å².